The summed E-state index contributed by atoms with van der Waals surface area (Å²) in [7, 11) is 0. The van der Waals surface area contributed by atoms with Gasteiger partial charge in [-0.1, -0.05) is 29.8 Å². The highest BCUT2D eigenvalue weighted by Gasteiger charge is 2.08. The fourth-order valence-corrected chi connectivity index (χ4v) is 1.75. The van der Waals surface area contributed by atoms with E-state index in [1.165, 1.54) is 24.3 Å². The molecule has 0 spiro atoms. The van der Waals surface area contributed by atoms with Gasteiger partial charge in [-0.25, -0.2) is 4.79 Å². The monoisotopic (exact) mass is 303 g/mol. The Morgan fingerprint density at radius 3 is 2.57 bits per heavy atom. The van der Waals surface area contributed by atoms with E-state index in [0.717, 1.165) is 6.08 Å². The highest BCUT2D eigenvalue weighted by molar-refractivity contribution is 6.32. The molecule has 21 heavy (non-hydrogen) atoms. The fraction of sp³-hybridized carbons (Fsp3) is 0. The second kappa shape index (κ2) is 6.67. The molecule has 0 saturated carbocycles. The molecule has 0 unspecified atom stereocenters. The van der Waals surface area contributed by atoms with Gasteiger partial charge in [-0.2, -0.15) is 0 Å². The lowest BCUT2D eigenvalue weighted by molar-refractivity contribution is -0.384. The van der Waals surface area contributed by atoms with E-state index >= 15 is 0 Å². The third-order valence-electron chi connectivity index (χ3n) is 2.55. The number of ether oxygens (including phenoxy) is 1. The number of esters is 1. The SMILES string of the molecule is O=C(/C=C/c1cc([N+](=O)[O-])ccc1Cl)Oc1ccccc1. The molecule has 0 atom stereocenters. The average molecular weight is 304 g/mol. The van der Waals surface area contributed by atoms with Crippen LogP contribution in [-0.2, 0) is 4.79 Å². The summed E-state index contributed by atoms with van der Waals surface area (Å²) in [4.78, 5) is 21.8. The minimum atomic E-state index is -0.594. The average Bonchev–Trinajstić information content (AvgIpc) is 2.47. The van der Waals surface area contributed by atoms with E-state index in [2.05, 4.69) is 0 Å². The maximum absolute atomic E-state index is 11.6. The Hall–Kier alpha value is -2.66. The molecule has 0 amide bonds. The number of hydrogen-bond acceptors (Lipinski definition) is 4. The van der Waals surface area contributed by atoms with Crippen LogP contribution < -0.4 is 4.74 Å². The van der Waals surface area contributed by atoms with Crippen molar-refractivity contribution in [2.75, 3.05) is 0 Å². The van der Waals surface area contributed by atoms with Crippen molar-refractivity contribution in [1.29, 1.82) is 0 Å². The molecular weight excluding hydrogens is 294 g/mol. The second-order valence-electron chi connectivity index (χ2n) is 4.03. The van der Waals surface area contributed by atoms with E-state index in [1.54, 1.807) is 30.3 Å². The number of halogens is 1. The predicted molar refractivity (Wildman–Crippen MR) is 79.2 cm³/mol. The normalized spacial score (nSPS) is 10.5. The topological polar surface area (TPSA) is 69.4 Å². The molecule has 106 valence electrons. The van der Waals surface area contributed by atoms with Crippen molar-refractivity contribution in [3.63, 3.8) is 0 Å². The number of carbonyl (C=O) groups is 1. The number of hydrogen-bond donors (Lipinski definition) is 0. The standard InChI is InChI=1S/C15H10ClNO4/c16-14-8-7-12(17(19)20)10-11(14)6-9-15(18)21-13-4-2-1-3-5-13/h1-10H/b9-6+. The summed E-state index contributed by atoms with van der Waals surface area (Å²) < 4.78 is 5.05. The largest absolute Gasteiger partial charge is 0.423 e. The van der Waals surface area contributed by atoms with E-state index in [4.69, 9.17) is 16.3 Å². The number of rotatable bonds is 4. The van der Waals surface area contributed by atoms with E-state index in [-0.39, 0.29) is 5.69 Å². The van der Waals surface area contributed by atoms with Gasteiger partial charge in [-0.05, 0) is 24.3 Å². The van der Waals surface area contributed by atoms with Crippen LogP contribution in [0.1, 0.15) is 5.56 Å². The van der Waals surface area contributed by atoms with Gasteiger partial charge in [0.05, 0.1) is 4.92 Å². The molecule has 0 fully saturated rings. The van der Waals surface area contributed by atoms with Crippen molar-refractivity contribution in [3.05, 3.63) is 75.3 Å². The minimum Gasteiger partial charge on any atom is -0.423 e. The molecule has 0 radical (unpaired) electrons. The van der Waals surface area contributed by atoms with Crippen LogP contribution >= 0.6 is 11.6 Å². The first kappa shape index (κ1) is 14.7. The van der Waals surface area contributed by atoms with Gasteiger partial charge in [0, 0.05) is 28.8 Å². The summed E-state index contributed by atoms with van der Waals surface area (Å²) in [5.74, 6) is -0.180. The van der Waals surface area contributed by atoms with Crippen molar-refractivity contribution in [2.45, 2.75) is 0 Å². The van der Waals surface area contributed by atoms with Crippen molar-refractivity contribution in [3.8, 4) is 5.75 Å². The number of para-hydroxylation sites is 1. The minimum absolute atomic E-state index is 0.101. The Bertz CT molecular complexity index is 698. The number of nitro groups is 1. The quantitative estimate of drug-likeness (QED) is 0.283. The molecule has 0 bridgehead atoms. The maximum Gasteiger partial charge on any atom is 0.336 e. The summed E-state index contributed by atoms with van der Waals surface area (Å²) in [6, 6.07) is 12.6. The van der Waals surface area contributed by atoms with Gasteiger partial charge in [-0.15, -0.1) is 0 Å². The number of nitrogens with zero attached hydrogens (tertiary/aromatic N) is 1. The first-order valence-electron chi connectivity index (χ1n) is 5.95. The molecule has 0 N–H and O–H groups in total. The van der Waals surface area contributed by atoms with Crippen molar-refractivity contribution in [1.82, 2.24) is 0 Å². The third kappa shape index (κ3) is 4.15. The van der Waals surface area contributed by atoms with Crippen LogP contribution in [0.4, 0.5) is 5.69 Å². The second-order valence-corrected chi connectivity index (χ2v) is 4.44. The molecule has 2 aromatic rings. The van der Waals surface area contributed by atoms with E-state index in [9.17, 15) is 14.9 Å². The van der Waals surface area contributed by atoms with Crippen molar-refractivity contribution < 1.29 is 14.5 Å². The number of nitro benzene ring substituents is 1. The Kier molecular flexibility index (Phi) is 4.68. The summed E-state index contributed by atoms with van der Waals surface area (Å²) in [5, 5.41) is 11.0. The van der Waals surface area contributed by atoms with Gasteiger partial charge in [0.25, 0.3) is 5.69 Å². The van der Waals surface area contributed by atoms with E-state index in [1.807, 2.05) is 0 Å². The highest BCUT2D eigenvalue weighted by atomic mass is 35.5. The maximum atomic E-state index is 11.6. The molecular formula is C15H10ClNO4. The van der Waals surface area contributed by atoms with E-state index < -0.39 is 10.9 Å². The fourth-order valence-electron chi connectivity index (χ4n) is 1.57. The van der Waals surface area contributed by atoms with Gasteiger partial charge in [0.1, 0.15) is 5.75 Å². The van der Waals surface area contributed by atoms with Gasteiger partial charge >= 0.3 is 5.97 Å². The number of benzene rings is 2. The molecule has 0 aliphatic rings. The van der Waals surface area contributed by atoms with Crippen molar-refractivity contribution in [2.24, 2.45) is 0 Å². The van der Waals surface area contributed by atoms with Gasteiger partial charge in [0.2, 0.25) is 0 Å². The van der Waals surface area contributed by atoms with Crippen LogP contribution in [0.25, 0.3) is 6.08 Å². The lowest BCUT2D eigenvalue weighted by atomic mass is 10.2. The summed E-state index contributed by atoms with van der Waals surface area (Å²) in [5.41, 5.74) is 0.270. The van der Waals surface area contributed by atoms with Gasteiger partial charge in [0.15, 0.2) is 0 Å². The molecule has 2 rings (SSSR count). The highest BCUT2D eigenvalue weighted by Crippen LogP contribution is 2.23. The van der Waals surface area contributed by atoms with Crippen LogP contribution in [0.3, 0.4) is 0 Å². The molecule has 5 nitrogen and oxygen atoms in total. The van der Waals surface area contributed by atoms with Crippen LogP contribution in [0.2, 0.25) is 5.02 Å². The van der Waals surface area contributed by atoms with E-state index in [0.29, 0.717) is 16.3 Å². The summed E-state index contributed by atoms with van der Waals surface area (Å²) in [6.07, 6.45) is 2.54. The van der Waals surface area contributed by atoms with Gasteiger partial charge in [-0.3, -0.25) is 10.1 Å². The zero-order valence-electron chi connectivity index (χ0n) is 10.7. The molecule has 6 heteroatoms. The molecule has 0 aliphatic carbocycles. The lowest BCUT2D eigenvalue weighted by Gasteiger charge is -2.00. The number of carbonyl (C=O) groups excluding carboxylic acids is 1. The Morgan fingerprint density at radius 2 is 1.90 bits per heavy atom. The zero-order chi connectivity index (χ0) is 15.2. The molecule has 0 saturated heterocycles. The van der Waals surface area contributed by atoms with Crippen LogP contribution in [0, 0.1) is 10.1 Å². The Morgan fingerprint density at radius 1 is 1.19 bits per heavy atom. The summed E-state index contributed by atoms with van der Waals surface area (Å²) in [6.45, 7) is 0. The first-order chi connectivity index (χ1) is 10.1. The van der Waals surface area contributed by atoms with Crippen molar-refractivity contribution >= 4 is 29.3 Å². The molecule has 0 aromatic heterocycles. The zero-order valence-corrected chi connectivity index (χ0v) is 11.5. The third-order valence-corrected chi connectivity index (χ3v) is 2.90. The lowest BCUT2D eigenvalue weighted by Crippen LogP contribution is -2.03. The van der Waals surface area contributed by atoms with Crippen LogP contribution in [0.15, 0.2) is 54.6 Å². The summed E-state index contributed by atoms with van der Waals surface area (Å²) >= 11 is 5.92. The number of non-ortho nitro benzene ring substituents is 1. The van der Waals surface area contributed by atoms with Crippen LogP contribution in [0.5, 0.6) is 5.75 Å². The first-order valence-corrected chi connectivity index (χ1v) is 6.33. The molecule has 2 aromatic carbocycles. The smallest absolute Gasteiger partial charge is 0.336 e. The predicted octanol–water partition coefficient (Wildman–Crippen LogP) is 3.87. The Labute approximate surface area is 125 Å². The molecule has 0 heterocycles. The van der Waals surface area contributed by atoms with Crippen LogP contribution in [-0.4, -0.2) is 10.9 Å². The Balaban J connectivity index is 2.12. The van der Waals surface area contributed by atoms with Gasteiger partial charge < -0.3 is 4.74 Å². The molecule has 0 aliphatic heterocycles.